The first kappa shape index (κ1) is 56.4. The van der Waals surface area contributed by atoms with Crippen LogP contribution in [0.4, 0.5) is 0 Å². The van der Waals surface area contributed by atoms with Gasteiger partial charge in [-0.05, 0) is 164 Å². The third kappa shape index (κ3) is 13.4. The molecule has 0 saturated carbocycles. The van der Waals surface area contributed by atoms with Gasteiger partial charge in [0.25, 0.3) is 5.56 Å². The lowest BCUT2D eigenvalue weighted by Crippen LogP contribution is -2.53. The van der Waals surface area contributed by atoms with Crippen LogP contribution in [0.15, 0.2) is 103 Å². The van der Waals surface area contributed by atoms with Crippen molar-refractivity contribution in [2.24, 2.45) is 11.8 Å². The first-order valence-corrected chi connectivity index (χ1v) is 26.3. The number of aliphatic hydroxyl groups excluding tert-OH is 1. The monoisotopic (exact) mass is 1030 g/mol. The van der Waals surface area contributed by atoms with Crippen LogP contribution in [0.1, 0.15) is 140 Å². The van der Waals surface area contributed by atoms with Crippen LogP contribution in [0.2, 0.25) is 0 Å². The van der Waals surface area contributed by atoms with Crippen LogP contribution in [0.3, 0.4) is 0 Å². The van der Waals surface area contributed by atoms with E-state index >= 15 is 0 Å². The Morgan fingerprint density at radius 3 is 1.93 bits per heavy atom. The second kappa shape index (κ2) is 24.5. The summed E-state index contributed by atoms with van der Waals surface area (Å²) in [6.45, 7) is 20.1. The van der Waals surface area contributed by atoms with E-state index in [0.29, 0.717) is 30.4 Å². The molecule has 0 aliphatic carbocycles. The molecule has 76 heavy (non-hydrogen) atoms. The zero-order chi connectivity index (χ0) is 55.1. The van der Waals surface area contributed by atoms with Crippen molar-refractivity contribution in [3.05, 3.63) is 158 Å². The molecule has 15 nitrogen and oxygen atoms in total. The normalized spacial score (nSPS) is 15.8. The molecule has 7 rings (SSSR count). The first-order chi connectivity index (χ1) is 36.1. The van der Waals surface area contributed by atoms with Crippen LogP contribution < -0.4 is 16.2 Å². The number of aliphatic carboxylic acids is 2. The molecule has 4 aromatic heterocycles. The Balaban J connectivity index is 1.15. The molecule has 400 valence electrons. The highest BCUT2D eigenvalue weighted by molar-refractivity contribution is 5.89. The van der Waals surface area contributed by atoms with Gasteiger partial charge in [0.05, 0.1) is 24.9 Å². The summed E-state index contributed by atoms with van der Waals surface area (Å²) in [7, 11) is 0. The topological polar surface area (TPSA) is 217 Å². The van der Waals surface area contributed by atoms with Crippen LogP contribution in [-0.2, 0) is 19.2 Å². The first-order valence-electron chi connectivity index (χ1n) is 26.3. The van der Waals surface area contributed by atoms with Gasteiger partial charge in [-0.2, -0.15) is 0 Å². The predicted octanol–water partition coefficient (Wildman–Crippen LogP) is 10.0. The van der Waals surface area contributed by atoms with Gasteiger partial charge < -0.3 is 30.1 Å². The number of carbonyl (C=O) groups is 4. The summed E-state index contributed by atoms with van der Waals surface area (Å²) < 4.78 is 1.54. The van der Waals surface area contributed by atoms with Crippen molar-refractivity contribution in [1.82, 2.24) is 35.1 Å². The molecule has 0 bridgehead atoms. The van der Waals surface area contributed by atoms with Gasteiger partial charge in [0.15, 0.2) is 0 Å². The number of carbonyl (C=O) groups excluding carboxylic acids is 2. The molecule has 6 atom stereocenters. The number of piperidine rings is 1. The quantitative estimate of drug-likeness (QED) is 0.0426. The second-order valence-corrected chi connectivity index (χ2v) is 21.6. The zero-order valence-electron chi connectivity index (χ0n) is 45.4. The Morgan fingerprint density at radius 1 is 0.697 bits per heavy atom. The number of aromatic nitrogens is 4. The van der Waals surface area contributed by atoms with Crippen LogP contribution >= 0.6 is 0 Å². The summed E-state index contributed by atoms with van der Waals surface area (Å²) in [5.41, 5.74) is 12.7. The number of pyridine rings is 4. The van der Waals surface area contributed by atoms with E-state index in [-0.39, 0.29) is 55.0 Å². The Bertz CT molecular complexity index is 3150. The highest BCUT2D eigenvalue weighted by Gasteiger charge is 2.38. The molecule has 1 fully saturated rings. The Hall–Kier alpha value is -7.36. The maximum Gasteiger partial charge on any atom is 0.305 e. The van der Waals surface area contributed by atoms with Gasteiger partial charge in [0, 0.05) is 85.0 Å². The highest BCUT2D eigenvalue weighted by Crippen LogP contribution is 2.38. The van der Waals surface area contributed by atoms with Crippen molar-refractivity contribution in [2.45, 2.75) is 144 Å². The third-order valence-electron chi connectivity index (χ3n) is 14.8. The van der Waals surface area contributed by atoms with Crippen LogP contribution in [0.5, 0.6) is 0 Å². The number of carboxylic acids is 2. The Kier molecular flexibility index (Phi) is 18.2. The van der Waals surface area contributed by atoms with E-state index in [1.54, 1.807) is 48.1 Å². The molecule has 2 unspecified atom stereocenters. The standard InChI is InChI=1S/C61H73N7O8/c1-34(2)20-52(67-32-40(9)39(8)22-55(67)70)60(75)65-51(27-57(73)74)45-24-47(31-63-29-45)59-38(7)14-16-48(41(59)10)42-18-19-64-49(25-42)43-15-17-54(69)68(33-43)53(21-35(3)4)61(76)66-50(26-56(71)72)44-23-46(30-62-28-44)58-36(5)12-11-13-37(58)6/h11-14,16,18-19,22-25,28-32,34-35,43,50-53,60,65,75H,15,17,20-21,26-27,33H2,1-10H3,(H,66,76)(H,71,72)(H,73,74)/t43?,50-,51+,52-,53-,60?/m0/s1. The van der Waals surface area contributed by atoms with Gasteiger partial charge >= 0.3 is 11.9 Å². The summed E-state index contributed by atoms with van der Waals surface area (Å²) >= 11 is 0. The van der Waals surface area contributed by atoms with Gasteiger partial charge in [-0.25, -0.2) is 0 Å². The third-order valence-corrected chi connectivity index (χ3v) is 14.8. The number of benzene rings is 2. The maximum atomic E-state index is 14.6. The van der Waals surface area contributed by atoms with E-state index in [4.69, 9.17) is 4.98 Å². The van der Waals surface area contributed by atoms with E-state index in [1.165, 1.54) is 4.57 Å². The van der Waals surface area contributed by atoms with Crippen molar-refractivity contribution in [1.29, 1.82) is 0 Å². The van der Waals surface area contributed by atoms with Crippen LogP contribution in [-0.4, -0.2) is 82.3 Å². The van der Waals surface area contributed by atoms with Crippen molar-refractivity contribution < 1.29 is 34.5 Å². The number of amides is 2. The molecule has 1 aliphatic heterocycles. The van der Waals surface area contributed by atoms with E-state index < -0.39 is 48.2 Å². The molecule has 2 aromatic carbocycles. The number of aryl methyl sites for hydroxylation is 5. The number of hydrogen-bond acceptors (Lipinski definition) is 10. The fourth-order valence-corrected chi connectivity index (χ4v) is 10.9. The van der Waals surface area contributed by atoms with Crippen LogP contribution in [0, 0.1) is 53.4 Å². The predicted molar refractivity (Wildman–Crippen MR) is 294 cm³/mol. The molecule has 6 aromatic rings. The van der Waals surface area contributed by atoms with Gasteiger partial charge in [-0.15, -0.1) is 0 Å². The summed E-state index contributed by atoms with van der Waals surface area (Å²) in [6, 6.07) is 16.1. The highest BCUT2D eigenvalue weighted by atomic mass is 16.4. The summed E-state index contributed by atoms with van der Waals surface area (Å²) in [4.78, 5) is 82.0. The minimum Gasteiger partial charge on any atom is -0.481 e. The summed E-state index contributed by atoms with van der Waals surface area (Å²) in [6.07, 6.45) is 9.73. The zero-order valence-corrected chi connectivity index (χ0v) is 45.4. The molecular formula is C61H73N7O8. The Labute approximate surface area is 445 Å². The average molecular weight is 1030 g/mol. The van der Waals surface area contributed by atoms with Gasteiger partial charge in [0.2, 0.25) is 11.8 Å². The lowest BCUT2D eigenvalue weighted by atomic mass is 9.87. The van der Waals surface area contributed by atoms with Gasteiger partial charge in [-0.1, -0.05) is 58.0 Å². The molecule has 2 amide bonds. The minimum atomic E-state index is -1.27. The molecule has 0 spiro atoms. The number of hydrogen-bond donors (Lipinski definition) is 5. The fourth-order valence-electron chi connectivity index (χ4n) is 10.9. The number of rotatable bonds is 21. The number of nitrogens with zero attached hydrogens (tertiary/aromatic N) is 5. The number of carboxylic acid groups (broad SMARTS) is 2. The van der Waals surface area contributed by atoms with Crippen molar-refractivity contribution in [2.75, 3.05) is 6.54 Å². The largest absolute Gasteiger partial charge is 0.481 e. The van der Waals surface area contributed by atoms with Crippen molar-refractivity contribution in [3.63, 3.8) is 0 Å². The molecule has 0 radical (unpaired) electrons. The molecule has 5 N–H and O–H groups in total. The van der Waals surface area contributed by atoms with E-state index in [0.717, 1.165) is 72.5 Å². The lowest BCUT2D eigenvalue weighted by Gasteiger charge is -2.38. The SMILES string of the molecule is Cc1cc(=O)n([C@@H](CC(C)C)C(O)N[C@H](CC(=O)O)c2cncc(-c3c(C)ccc(-c4ccnc(C5CCC(=O)N([C@@H](CC(C)C)C(=O)N[C@@H](CC(=O)O)c6cncc(-c7c(C)cccc7C)c6)C5)c4)c3C)c2)cc1C. The number of aliphatic hydroxyl groups is 1. The summed E-state index contributed by atoms with van der Waals surface area (Å²) in [5.74, 6) is -2.80. The molecule has 15 heteroatoms. The molecule has 1 aliphatic rings. The average Bonchev–Trinajstić information content (AvgIpc) is 3.36. The lowest BCUT2D eigenvalue weighted by molar-refractivity contribution is -0.144. The molecular weight excluding hydrogens is 959 g/mol. The fraction of sp³-hybridized carbons (Fsp3) is 0.410. The molecule has 1 saturated heterocycles. The Morgan fingerprint density at radius 2 is 1.30 bits per heavy atom. The molecule has 5 heterocycles. The van der Waals surface area contributed by atoms with Crippen LogP contribution in [0.25, 0.3) is 33.4 Å². The number of likely N-dealkylation sites (tertiary alicyclic amines) is 1. The van der Waals surface area contributed by atoms with E-state index in [2.05, 4.69) is 26.7 Å². The van der Waals surface area contributed by atoms with E-state index in [9.17, 15) is 39.3 Å². The smallest absolute Gasteiger partial charge is 0.305 e. The van der Waals surface area contributed by atoms with Gasteiger partial charge in [-0.3, -0.25) is 44.2 Å². The maximum absolute atomic E-state index is 14.6. The minimum absolute atomic E-state index is 0.0284. The number of nitrogens with one attached hydrogen (secondary N) is 2. The van der Waals surface area contributed by atoms with Gasteiger partial charge in [0.1, 0.15) is 12.3 Å². The van der Waals surface area contributed by atoms with Crippen molar-refractivity contribution >= 4 is 23.8 Å². The van der Waals surface area contributed by atoms with Crippen molar-refractivity contribution in [3.8, 4) is 33.4 Å². The summed E-state index contributed by atoms with van der Waals surface area (Å²) in [5, 5.41) is 38.2. The van der Waals surface area contributed by atoms with E-state index in [1.807, 2.05) is 118 Å². The second-order valence-electron chi connectivity index (χ2n) is 21.6.